The van der Waals surface area contributed by atoms with E-state index in [1.54, 1.807) is 6.92 Å². The van der Waals surface area contributed by atoms with Crippen LogP contribution in [0.5, 0.6) is 11.5 Å². The Morgan fingerprint density at radius 2 is 2.11 bits per heavy atom. The molecule has 1 aliphatic heterocycles. The topological polar surface area (TPSA) is 66.8 Å². The summed E-state index contributed by atoms with van der Waals surface area (Å²) in [6.07, 6.45) is 2.13. The molecule has 0 amide bonds. The highest BCUT2D eigenvalue weighted by Crippen LogP contribution is 2.40. The fourth-order valence-electron chi connectivity index (χ4n) is 2.40. The molecule has 1 atom stereocenters. The number of cyclic esters (lactones) is 1. The van der Waals surface area contributed by atoms with Crippen LogP contribution in [0.3, 0.4) is 0 Å². The van der Waals surface area contributed by atoms with Crippen molar-refractivity contribution in [2.75, 3.05) is 0 Å². The number of fused-ring (bicyclic) bond motifs is 1. The molecule has 0 radical (unpaired) electrons. The molecule has 0 saturated carbocycles. The van der Waals surface area contributed by atoms with Gasteiger partial charge < -0.3 is 14.9 Å². The molecule has 1 aromatic rings. The van der Waals surface area contributed by atoms with Crippen LogP contribution in [0.2, 0.25) is 0 Å². The molecule has 19 heavy (non-hydrogen) atoms. The van der Waals surface area contributed by atoms with Crippen molar-refractivity contribution in [2.24, 2.45) is 0 Å². The summed E-state index contributed by atoms with van der Waals surface area (Å²) >= 11 is 0. The highest BCUT2D eigenvalue weighted by Gasteiger charge is 2.29. The summed E-state index contributed by atoms with van der Waals surface area (Å²) in [6, 6.07) is 1.32. The van der Waals surface area contributed by atoms with Gasteiger partial charge in [-0.1, -0.05) is 11.6 Å². The molecule has 0 bridgehead atoms. The van der Waals surface area contributed by atoms with Gasteiger partial charge in [-0.2, -0.15) is 0 Å². The third kappa shape index (κ3) is 2.57. The number of hydrogen-bond donors (Lipinski definition) is 2. The molecule has 0 aromatic heterocycles. The fraction of sp³-hybridized carbons (Fsp3) is 0.400. The number of benzene rings is 1. The lowest BCUT2D eigenvalue weighted by Gasteiger charge is -2.26. The first-order valence-electron chi connectivity index (χ1n) is 6.29. The first-order valence-corrected chi connectivity index (χ1v) is 6.29. The van der Waals surface area contributed by atoms with E-state index in [-0.39, 0.29) is 23.9 Å². The molecule has 1 aliphatic rings. The number of rotatable bonds is 2. The quantitative estimate of drug-likeness (QED) is 0.635. The molecule has 0 saturated heterocycles. The molecule has 0 unspecified atom stereocenters. The van der Waals surface area contributed by atoms with Gasteiger partial charge in [-0.15, -0.1) is 0 Å². The summed E-state index contributed by atoms with van der Waals surface area (Å²) in [5, 5.41) is 19.9. The molecule has 0 spiro atoms. The van der Waals surface area contributed by atoms with Gasteiger partial charge in [0.2, 0.25) is 0 Å². The molecule has 1 heterocycles. The summed E-state index contributed by atoms with van der Waals surface area (Å²) in [4.78, 5) is 11.5. The van der Waals surface area contributed by atoms with Gasteiger partial charge in [-0.05, 0) is 32.8 Å². The maximum absolute atomic E-state index is 11.5. The van der Waals surface area contributed by atoms with Crippen LogP contribution in [0.4, 0.5) is 0 Å². The molecular formula is C15H18O4. The second-order valence-corrected chi connectivity index (χ2v) is 5.08. The number of carbonyl (C=O) groups is 1. The van der Waals surface area contributed by atoms with E-state index in [1.165, 1.54) is 6.07 Å². The Bertz CT molecular complexity index is 554. The molecule has 1 aromatic carbocycles. The van der Waals surface area contributed by atoms with E-state index < -0.39 is 6.10 Å². The second kappa shape index (κ2) is 4.96. The van der Waals surface area contributed by atoms with Crippen molar-refractivity contribution in [3.05, 3.63) is 34.4 Å². The standard InChI is InChI=1S/C15H18O4/c1-8(2)4-5-10-11-6-14(18)19-9(3)15(11)13(17)7-12(10)16/h4,7,9,16-17H,5-6H2,1-3H3/t9-/m1/s1. The lowest BCUT2D eigenvalue weighted by atomic mass is 9.90. The van der Waals surface area contributed by atoms with Crippen molar-refractivity contribution in [3.63, 3.8) is 0 Å². The SMILES string of the molecule is CC(C)=CCc1c(O)cc(O)c2c1CC(=O)O[C@@H]2C. The van der Waals surface area contributed by atoms with E-state index in [0.717, 1.165) is 5.57 Å². The average Bonchev–Trinajstić information content (AvgIpc) is 2.26. The summed E-state index contributed by atoms with van der Waals surface area (Å²) < 4.78 is 5.12. The minimum atomic E-state index is -0.484. The number of phenols is 2. The van der Waals surface area contributed by atoms with E-state index in [4.69, 9.17) is 4.74 Å². The zero-order chi connectivity index (χ0) is 14.2. The average molecular weight is 262 g/mol. The van der Waals surface area contributed by atoms with Gasteiger partial charge in [0.25, 0.3) is 0 Å². The predicted octanol–water partition coefficient (Wildman–Crippen LogP) is 2.77. The first-order chi connectivity index (χ1) is 8.90. The lowest BCUT2D eigenvalue weighted by molar-refractivity contribution is -0.149. The Labute approximate surface area is 112 Å². The third-order valence-corrected chi connectivity index (χ3v) is 3.30. The summed E-state index contributed by atoms with van der Waals surface area (Å²) in [5.74, 6) is -0.326. The maximum atomic E-state index is 11.5. The van der Waals surface area contributed by atoms with Crippen LogP contribution in [0.1, 0.15) is 43.6 Å². The van der Waals surface area contributed by atoms with Crippen molar-refractivity contribution < 1.29 is 19.7 Å². The van der Waals surface area contributed by atoms with Crippen molar-refractivity contribution in [1.29, 1.82) is 0 Å². The minimum absolute atomic E-state index is 0.0200. The molecule has 4 heteroatoms. The van der Waals surface area contributed by atoms with E-state index in [2.05, 4.69) is 0 Å². The Morgan fingerprint density at radius 1 is 1.42 bits per heavy atom. The molecule has 102 valence electrons. The minimum Gasteiger partial charge on any atom is -0.508 e. The Balaban J connectivity index is 2.57. The first kappa shape index (κ1) is 13.5. The van der Waals surface area contributed by atoms with Crippen LogP contribution >= 0.6 is 0 Å². The van der Waals surface area contributed by atoms with Crippen LogP contribution in [-0.2, 0) is 22.4 Å². The van der Waals surface area contributed by atoms with Gasteiger partial charge in [0.1, 0.15) is 17.6 Å². The van der Waals surface area contributed by atoms with Crippen LogP contribution in [-0.4, -0.2) is 16.2 Å². The molecule has 2 N–H and O–H groups in total. The van der Waals surface area contributed by atoms with Gasteiger partial charge in [0, 0.05) is 17.2 Å². The summed E-state index contributed by atoms with van der Waals surface area (Å²) in [5.41, 5.74) is 3.12. The zero-order valence-electron chi connectivity index (χ0n) is 11.4. The monoisotopic (exact) mass is 262 g/mol. The number of phenolic OH excluding ortho intramolecular Hbond substituents is 2. The van der Waals surface area contributed by atoms with Gasteiger partial charge in [-0.25, -0.2) is 0 Å². The largest absolute Gasteiger partial charge is 0.508 e. The van der Waals surface area contributed by atoms with Crippen molar-refractivity contribution in [3.8, 4) is 11.5 Å². The van der Waals surface area contributed by atoms with Crippen molar-refractivity contribution in [1.82, 2.24) is 0 Å². The maximum Gasteiger partial charge on any atom is 0.310 e. The van der Waals surface area contributed by atoms with E-state index in [1.807, 2.05) is 19.9 Å². The number of carbonyl (C=O) groups excluding carboxylic acids is 1. The summed E-state index contributed by atoms with van der Waals surface area (Å²) in [7, 11) is 0. The number of aromatic hydroxyl groups is 2. The number of esters is 1. The Morgan fingerprint density at radius 3 is 2.74 bits per heavy atom. The fourth-order valence-corrected chi connectivity index (χ4v) is 2.40. The van der Waals surface area contributed by atoms with Crippen LogP contribution in [0.15, 0.2) is 17.7 Å². The van der Waals surface area contributed by atoms with Gasteiger partial charge >= 0.3 is 5.97 Å². The van der Waals surface area contributed by atoms with Gasteiger partial charge in [0.05, 0.1) is 6.42 Å². The second-order valence-electron chi connectivity index (χ2n) is 5.08. The van der Waals surface area contributed by atoms with Gasteiger partial charge in [0.15, 0.2) is 0 Å². The number of hydrogen-bond acceptors (Lipinski definition) is 4. The molecular weight excluding hydrogens is 244 g/mol. The number of ether oxygens (including phenoxy) is 1. The Hall–Kier alpha value is -1.97. The zero-order valence-corrected chi connectivity index (χ0v) is 11.4. The van der Waals surface area contributed by atoms with Crippen LogP contribution < -0.4 is 0 Å². The van der Waals surface area contributed by atoms with Gasteiger partial charge in [-0.3, -0.25) is 4.79 Å². The number of allylic oxidation sites excluding steroid dienone is 2. The van der Waals surface area contributed by atoms with E-state index >= 15 is 0 Å². The normalized spacial score (nSPS) is 17.6. The molecule has 0 aliphatic carbocycles. The molecule has 4 nitrogen and oxygen atoms in total. The lowest BCUT2D eigenvalue weighted by Crippen LogP contribution is -2.21. The Kier molecular flexibility index (Phi) is 3.51. The highest BCUT2D eigenvalue weighted by atomic mass is 16.5. The molecule has 2 rings (SSSR count). The predicted molar refractivity (Wildman–Crippen MR) is 71.1 cm³/mol. The van der Waals surface area contributed by atoms with Crippen molar-refractivity contribution in [2.45, 2.75) is 39.7 Å². The third-order valence-electron chi connectivity index (χ3n) is 3.30. The van der Waals surface area contributed by atoms with Crippen LogP contribution in [0.25, 0.3) is 0 Å². The highest BCUT2D eigenvalue weighted by molar-refractivity contribution is 5.77. The van der Waals surface area contributed by atoms with Crippen LogP contribution in [0, 0.1) is 0 Å². The van der Waals surface area contributed by atoms with E-state index in [0.29, 0.717) is 23.1 Å². The van der Waals surface area contributed by atoms with E-state index in [9.17, 15) is 15.0 Å². The molecule has 0 fully saturated rings. The smallest absolute Gasteiger partial charge is 0.310 e. The van der Waals surface area contributed by atoms with Crippen molar-refractivity contribution >= 4 is 5.97 Å². The summed E-state index contributed by atoms with van der Waals surface area (Å²) in [6.45, 7) is 5.67.